The molecule has 1 aliphatic rings. The third-order valence-corrected chi connectivity index (χ3v) is 4.04. The Balaban J connectivity index is 1.75. The van der Waals surface area contributed by atoms with Crippen LogP contribution in [0.25, 0.3) is 0 Å². The van der Waals surface area contributed by atoms with Gasteiger partial charge in [0.25, 0.3) is 0 Å². The molecule has 0 saturated carbocycles. The van der Waals surface area contributed by atoms with E-state index in [0.29, 0.717) is 12.3 Å². The van der Waals surface area contributed by atoms with E-state index in [1.54, 1.807) is 17.0 Å². The van der Waals surface area contributed by atoms with Crippen LogP contribution in [0.1, 0.15) is 35.5 Å². The SMILES string of the molecule is C[C@H](c1ccccc1)N1C[C@H](C(=O)c2ccco2)CC1=O. The molecule has 0 N–H and O–H groups in total. The van der Waals surface area contributed by atoms with E-state index in [1.165, 1.54) is 6.26 Å². The number of Topliss-reactive ketones (excluding diaryl/α,β-unsaturated/α-hetero) is 1. The summed E-state index contributed by atoms with van der Waals surface area (Å²) in [5.74, 6) is -0.0378. The van der Waals surface area contributed by atoms with Crippen molar-refractivity contribution in [2.24, 2.45) is 5.92 Å². The van der Waals surface area contributed by atoms with Crippen molar-refractivity contribution in [1.29, 1.82) is 0 Å². The maximum atomic E-state index is 12.3. The molecule has 0 unspecified atom stereocenters. The monoisotopic (exact) mass is 283 g/mol. The van der Waals surface area contributed by atoms with E-state index in [9.17, 15) is 9.59 Å². The second kappa shape index (κ2) is 5.56. The molecule has 21 heavy (non-hydrogen) atoms. The van der Waals surface area contributed by atoms with Gasteiger partial charge in [-0.05, 0) is 24.6 Å². The van der Waals surface area contributed by atoms with Crippen molar-refractivity contribution < 1.29 is 14.0 Å². The number of carbonyl (C=O) groups is 2. The molecule has 1 amide bonds. The number of amides is 1. The Bertz CT molecular complexity index is 633. The van der Waals surface area contributed by atoms with Gasteiger partial charge in [0, 0.05) is 13.0 Å². The van der Waals surface area contributed by atoms with Gasteiger partial charge in [-0.3, -0.25) is 9.59 Å². The first-order chi connectivity index (χ1) is 10.2. The predicted molar refractivity (Wildman–Crippen MR) is 77.7 cm³/mol. The molecular weight excluding hydrogens is 266 g/mol. The molecule has 2 aromatic rings. The molecule has 3 rings (SSSR count). The first-order valence-corrected chi connectivity index (χ1v) is 7.09. The summed E-state index contributed by atoms with van der Waals surface area (Å²) in [7, 11) is 0. The minimum absolute atomic E-state index is 0.0203. The number of carbonyl (C=O) groups excluding carboxylic acids is 2. The van der Waals surface area contributed by atoms with Crippen LogP contribution in [0.4, 0.5) is 0 Å². The standard InChI is InChI=1S/C17H17NO3/c1-12(13-6-3-2-4-7-13)18-11-14(10-16(18)19)17(20)15-8-5-9-21-15/h2-9,12,14H,10-11H2,1H3/t12-,14-/m1/s1. The second-order valence-electron chi connectivity index (χ2n) is 5.38. The van der Waals surface area contributed by atoms with Gasteiger partial charge >= 0.3 is 0 Å². The molecule has 1 fully saturated rings. The van der Waals surface area contributed by atoms with Crippen LogP contribution in [0.2, 0.25) is 0 Å². The summed E-state index contributed by atoms with van der Waals surface area (Å²) in [6.07, 6.45) is 1.74. The van der Waals surface area contributed by atoms with Crippen molar-refractivity contribution in [3.05, 3.63) is 60.1 Å². The van der Waals surface area contributed by atoms with Crippen molar-refractivity contribution >= 4 is 11.7 Å². The molecule has 2 atom stereocenters. The van der Waals surface area contributed by atoms with Gasteiger partial charge in [0.05, 0.1) is 18.2 Å². The molecule has 4 heteroatoms. The number of furan rings is 1. The maximum absolute atomic E-state index is 12.3. The van der Waals surface area contributed by atoms with E-state index in [0.717, 1.165) is 5.56 Å². The molecule has 4 nitrogen and oxygen atoms in total. The van der Waals surface area contributed by atoms with Crippen LogP contribution in [-0.2, 0) is 4.79 Å². The highest BCUT2D eigenvalue weighted by molar-refractivity contribution is 5.99. The lowest BCUT2D eigenvalue weighted by molar-refractivity contribution is -0.129. The van der Waals surface area contributed by atoms with Crippen LogP contribution >= 0.6 is 0 Å². The minimum atomic E-state index is -0.310. The van der Waals surface area contributed by atoms with Crippen LogP contribution in [-0.4, -0.2) is 23.1 Å². The Morgan fingerprint density at radius 2 is 2.00 bits per heavy atom. The zero-order valence-electron chi connectivity index (χ0n) is 11.9. The minimum Gasteiger partial charge on any atom is -0.461 e. The fourth-order valence-corrected chi connectivity index (χ4v) is 2.81. The quantitative estimate of drug-likeness (QED) is 0.810. The molecule has 0 bridgehead atoms. The largest absolute Gasteiger partial charge is 0.461 e. The highest BCUT2D eigenvalue weighted by atomic mass is 16.3. The Morgan fingerprint density at radius 1 is 1.24 bits per heavy atom. The Morgan fingerprint density at radius 3 is 2.67 bits per heavy atom. The van der Waals surface area contributed by atoms with Gasteiger partial charge in [-0.2, -0.15) is 0 Å². The molecule has 0 aliphatic carbocycles. The first-order valence-electron chi connectivity index (χ1n) is 7.09. The van der Waals surface area contributed by atoms with Gasteiger partial charge in [-0.1, -0.05) is 30.3 Å². The molecule has 1 saturated heterocycles. The zero-order chi connectivity index (χ0) is 14.8. The summed E-state index contributed by atoms with van der Waals surface area (Å²) in [5, 5.41) is 0. The highest BCUT2D eigenvalue weighted by Gasteiger charge is 2.37. The number of nitrogens with zero attached hydrogens (tertiary/aromatic N) is 1. The fraction of sp³-hybridized carbons (Fsp3) is 0.294. The Hall–Kier alpha value is -2.36. The number of rotatable bonds is 4. The molecule has 0 spiro atoms. The summed E-state index contributed by atoms with van der Waals surface area (Å²) in [5.41, 5.74) is 1.08. The lowest BCUT2D eigenvalue weighted by atomic mass is 10.0. The van der Waals surface area contributed by atoms with Crippen LogP contribution in [0.5, 0.6) is 0 Å². The predicted octanol–water partition coefficient (Wildman–Crippen LogP) is 3.07. The summed E-state index contributed by atoms with van der Waals surface area (Å²) in [6.45, 7) is 2.45. The molecule has 0 radical (unpaired) electrons. The van der Waals surface area contributed by atoms with E-state index in [1.807, 2.05) is 37.3 Å². The third-order valence-electron chi connectivity index (χ3n) is 4.04. The van der Waals surface area contributed by atoms with E-state index in [4.69, 9.17) is 4.42 Å². The summed E-state index contributed by atoms with van der Waals surface area (Å²) < 4.78 is 5.14. The summed E-state index contributed by atoms with van der Waals surface area (Å²) >= 11 is 0. The van der Waals surface area contributed by atoms with Crippen LogP contribution in [0.3, 0.4) is 0 Å². The zero-order valence-corrected chi connectivity index (χ0v) is 11.9. The number of ketones is 1. The fourth-order valence-electron chi connectivity index (χ4n) is 2.81. The molecular formula is C17H17NO3. The summed E-state index contributed by atoms with van der Waals surface area (Å²) in [4.78, 5) is 26.3. The van der Waals surface area contributed by atoms with Gasteiger partial charge in [-0.25, -0.2) is 0 Å². The van der Waals surface area contributed by atoms with Crippen molar-refractivity contribution in [2.45, 2.75) is 19.4 Å². The first kappa shape index (κ1) is 13.6. The topological polar surface area (TPSA) is 50.5 Å². The molecule has 108 valence electrons. The number of hydrogen-bond acceptors (Lipinski definition) is 3. The lowest BCUT2D eigenvalue weighted by Gasteiger charge is -2.25. The second-order valence-corrected chi connectivity index (χ2v) is 5.38. The van der Waals surface area contributed by atoms with Gasteiger partial charge in [0.2, 0.25) is 11.7 Å². The van der Waals surface area contributed by atoms with Crippen LogP contribution in [0.15, 0.2) is 53.1 Å². The normalized spacial score (nSPS) is 19.8. The van der Waals surface area contributed by atoms with E-state index in [-0.39, 0.29) is 30.1 Å². The molecule has 1 aromatic carbocycles. The molecule has 2 heterocycles. The third kappa shape index (κ3) is 2.61. The molecule has 1 aromatic heterocycles. The van der Waals surface area contributed by atoms with Gasteiger partial charge in [0.1, 0.15) is 0 Å². The Labute approximate surface area is 123 Å². The highest BCUT2D eigenvalue weighted by Crippen LogP contribution is 2.30. The average molecular weight is 283 g/mol. The van der Waals surface area contributed by atoms with Crippen molar-refractivity contribution in [1.82, 2.24) is 4.90 Å². The van der Waals surface area contributed by atoms with Crippen molar-refractivity contribution in [3.8, 4) is 0 Å². The van der Waals surface area contributed by atoms with E-state index >= 15 is 0 Å². The Kier molecular flexibility index (Phi) is 3.60. The number of hydrogen-bond donors (Lipinski definition) is 0. The lowest BCUT2D eigenvalue weighted by Crippen LogP contribution is -2.29. The average Bonchev–Trinajstić information content (AvgIpc) is 3.16. The number of benzene rings is 1. The van der Waals surface area contributed by atoms with E-state index in [2.05, 4.69) is 0 Å². The van der Waals surface area contributed by atoms with E-state index < -0.39 is 0 Å². The maximum Gasteiger partial charge on any atom is 0.223 e. The van der Waals surface area contributed by atoms with Gasteiger partial charge in [-0.15, -0.1) is 0 Å². The van der Waals surface area contributed by atoms with Crippen molar-refractivity contribution in [2.75, 3.05) is 6.54 Å². The smallest absolute Gasteiger partial charge is 0.223 e. The molecule has 1 aliphatic heterocycles. The van der Waals surface area contributed by atoms with Crippen LogP contribution in [0, 0.1) is 5.92 Å². The van der Waals surface area contributed by atoms with Gasteiger partial charge in [0.15, 0.2) is 5.76 Å². The van der Waals surface area contributed by atoms with Crippen molar-refractivity contribution in [3.63, 3.8) is 0 Å². The van der Waals surface area contributed by atoms with Gasteiger partial charge < -0.3 is 9.32 Å². The number of likely N-dealkylation sites (tertiary alicyclic amines) is 1. The van der Waals surface area contributed by atoms with Crippen LogP contribution < -0.4 is 0 Å². The summed E-state index contributed by atoms with van der Waals surface area (Å²) in [6, 6.07) is 13.2.